The van der Waals surface area contributed by atoms with Gasteiger partial charge in [0.15, 0.2) is 6.10 Å². The zero-order valence-electron chi connectivity index (χ0n) is 11.9. The van der Waals surface area contributed by atoms with E-state index in [1.807, 2.05) is 38.1 Å². The number of ether oxygens (including phenoxy) is 1. The van der Waals surface area contributed by atoms with Gasteiger partial charge in [-0.1, -0.05) is 64.8 Å². The number of aryl methyl sites for hydroxylation is 1. The molecule has 4 heteroatoms. The van der Waals surface area contributed by atoms with Crippen LogP contribution in [0.3, 0.4) is 0 Å². The summed E-state index contributed by atoms with van der Waals surface area (Å²) in [5.74, 6) is 0.535. The van der Waals surface area contributed by atoms with E-state index in [0.29, 0.717) is 22.8 Å². The normalized spacial score (nSPS) is 12.0. The lowest BCUT2D eigenvalue weighted by Crippen LogP contribution is -2.27. The van der Waals surface area contributed by atoms with Gasteiger partial charge in [-0.25, -0.2) is 0 Å². The molecule has 0 aromatic heterocycles. The van der Waals surface area contributed by atoms with Crippen molar-refractivity contribution >= 4 is 33.3 Å². The Hall–Kier alpha value is -1.32. The van der Waals surface area contributed by atoms with Crippen molar-refractivity contribution in [2.75, 3.05) is 0 Å². The van der Waals surface area contributed by atoms with Crippen LogP contribution in [0.5, 0.6) is 5.75 Å². The molecule has 2 aromatic carbocycles. The van der Waals surface area contributed by atoms with Crippen molar-refractivity contribution in [3.63, 3.8) is 0 Å². The summed E-state index contributed by atoms with van der Waals surface area (Å²) in [5, 5.41) is 0.501. The maximum atomic E-state index is 12.5. The molecule has 1 atom stereocenters. The first-order chi connectivity index (χ1) is 10.0. The highest BCUT2D eigenvalue weighted by Crippen LogP contribution is 2.33. The van der Waals surface area contributed by atoms with E-state index in [2.05, 4.69) is 15.9 Å². The molecule has 1 unspecified atom stereocenters. The van der Waals surface area contributed by atoms with Crippen molar-refractivity contribution in [2.45, 2.75) is 26.4 Å². The molecular weight excluding hydrogens is 352 g/mol. The topological polar surface area (TPSA) is 26.3 Å². The Labute approximate surface area is 138 Å². The molecule has 2 nitrogen and oxygen atoms in total. The summed E-state index contributed by atoms with van der Waals surface area (Å²) in [6.07, 6.45) is 0.0457. The quantitative estimate of drug-likeness (QED) is 0.657. The predicted octanol–water partition coefficient (Wildman–Crippen LogP) is 5.45. The van der Waals surface area contributed by atoms with Crippen LogP contribution in [-0.2, 0) is 0 Å². The largest absolute Gasteiger partial charge is 0.480 e. The third-order valence-corrected chi connectivity index (χ3v) is 3.91. The summed E-state index contributed by atoms with van der Waals surface area (Å²) < 4.78 is 6.78. The lowest BCUT2D eigenvalue weighted by atomic mass is 10.0. The molecule has 110 valence electrons. The summed E-state index contributed by atoms with van der Waals surface area (Å²) in [4.78, 5) is 12.5. The molecule has 0 fully saturated rings. The first-order valence-corrected chi connectivity index (χ1v) is 7.91. The second-order valence-corrected chi connectivity index (χ2v) is 6.10. The van der Waals surface area contributed by atoms with E-state index in [0.717, 1.165) is 10.0 Å². The SMILES string of the molecule is CCC(Oc1c(C)cc(Br)cc1Cl)C(=O)c1ccccc1. The number of benzene rings is 2. The molecule has 0 amide bonds. The molecule has 0 radical (unpaired) electrons. The number of hydrogen-bond acceptors (Lipinski definition) is 2. The van der Waals surface area contributed by atoms with Crippen LogP contribution in [0, 0.1) is 6.92 Å². The van der Waals surface area contributed by atoms with E-state index < -0.39 is 6.10 Å². The van der Waals surface area contributed by atoms with Gasteiger partial charge in [0.1, 0.15) is 5.75 Å². The number of ketones is 1. The van der Waals surface area contributed by atoms with Crippen molar-refractivity contribution in [1.29, 1.82) is 0 Å². The minimum atomic E-state index is -0.537. The van der Waals surface area contributed by atoms with Gasteiger partial charge >= 0.3 is 0 Å². The fraction of sp³-hybridized carbons (Fsp3) is 0.235. The zero-order valence-corrected chi connectivity index (χ0v) is 14.2. The molecule has 21 heavy (non-hydrogen) atoms. The Kier molecular flexibility index (Phi) is 5.43. The molecule has 0 spiro atoms. The lowest BCUT2D eigenvalue weighted by molar-refractivity contribution is 0.0786. The molecule has 2 rings (SSSR count). The summed E-state index contributed by atoms with van der Waals surface area (Å²) >= 11 is 9.61. The molecule has 0 bridgehead atoms. The second-order valence-electron chi connectivity index (χ2n) is 4.78. The average molecular weight is 368 g/mol. The number of rotatable bonds is 5. The van der Waals surface area contributed by atoms with Crippen LogP contribution >= 0.6 is 27.5 Å². The molecule has 0 saturated carbocycles. The number of hydrogen-bond donors (Lipinski definition) is 0. The van der Waals surface area contributed by atoms with Crippen molar-refractivity contribution < 1.29 is 9.53 Å². The molecule has 0 aliphatic carbocycles. The maximum Gasteiger partial charge on any atom is 0.203 e. The van der Waals surface area contributed by atoms with E-state index in [4.69, 9.17) is 16.3 Å². The monoisotopic (exact) mass is 366 g/mol. The van der Waals surface area contributed by atoms with Crippen molar-refractivity contribution in [1.82, 2.24) is 0 Å². The van der Waals surface area contributed by atoms with E-state index >= 15 is 0 Å². The van der Waals surface area contributed by atoms with Crippen LogP contribution in [0.25, 0.3) is 0 Å². The van der Waals surface area contributed by atoms with Gasteiger partial charge in [-0.3, -0.25) is 4.79 Å². The van der Waals surface area contributed by atoms with Gasteiger partial charge < -0.3 is 4.74 Å². The summed E-state index contributed by atoms with van der Waals surface area (Å²) in [5.41, 5.74) is 1.55. The zero-order chi connectivity index (χ0) is 15.4. The van der Waals surface area contributed by atoms with Crippen LogP contribution in [0.1, 0.15) is 29.3 Å². The number of carbonyl (C=O) groups excluding carboxylic acids is 1. The Morgan fingerprint density at radius 2 is 1.95 bits per heavy atom. The van der Waals surface area contributed by atoms with E-state index in [9.17, 15) is 4.79 Å². The number of carbonyl (C=O) groups is 1. The second kappa shape index (κ2) is 7.10. The molecule has 0 saturated heterocycles. The first-order valence-electron chi connectivity index (χ1n) is 6.74. The van der Waals surface area contributed by atoms with Crippen LogP contribution in [0.2, 0.25) is 5.02 Å². The van der Waals surface area contributed by atoms with Gasteiger partial charge in [0.25, 0.3) is 0 Å². The number of halogens is 2. The fourth-order valence-corrected chi connectivity index (χ4v) is 3.11. The average Bonchev–Trinajstić information content (AvgIpc) is 2.47. The maximum absolute atomic E-state index is 12.5. The van der Waals surface area contributed by atoms with Crippen LogP contribution in [-0.4, -0.2) is 11.9 Å². The summed E-state index contributed by atoms with van der Waals surface area (Å²) in [6, 6.07) is 12.9. The summed E-state index contributed by atoms with van der Waals surface area (Å²) in [7, 11) is 0. The van der Waals surface area contributed by atoms with Crippen LogP contribution in [0.15, 0.2) is 46.9 Å². The Balaban J connectivity index is 2.26. The highest BCUT2D eigenvalue weighted by Gasteiger charge is 2.22. The van der Waals surface area contributed by atoms with Gasteiger partial charge in [0, 0.05) is 10.0 Å². The number of Topliss-reactive ketones (excluding diaryl/α,β-unsaturated/α-hetero) is 1. The minimum Gasteiger partial charge on any atom is -0.480 e. The van der Waals surface area contributed by atoms with E-state index in [1.54, 1.807) is 18.2 Å². The molecular formula is C17H16BrClO2. The molecule has 0 aliphatic rings. The van der Waals surface area contributed by atoms with E-state index in [-0.39, 0.29) is 5.78 Å². The van der Waals surface area contributed by atoms with Gasteiger partial charge in [0.2, 0.25) is 5.78 Å². The minimum absolute atomic E-state index is 0.0310. The third kappa shape index (κ3) is 3.86. The van der Waals surface area contributed by atoms with Crippen LogP contribution < -0.4 is 4.74 Å². The highest BCUT2D eigenvalue weighted by molar-refractivity contribution is 9.10. The molecule has 0 N–H and O–H groups in total. The smallest absolute Gasteiger partial charge is 0.203 e. The Bertz CT molecular complexity index is 617. The first kappa shape index (κ1) is 16.1. The third-order valence-electron chi connectivity index (χ3n) is 3.18. The Morgan fingerprint density at radius 3 is 2.52 bits per heavy atom. The van der Waals surface area contributed by atoms with Gasteiger partial charge in [-0.05, 0) is 31.0 Å². The van der Waals surface area contributed by atoms with Gasteiger partial charge in [-0.15, -0.1) is 0 Å². The molecule has 0 aliphatic heterocycles. The van der Waals surface area contributed by atoms with Gasteiger partial charge in [-0.2, -0.15) is 0 Å². The van der Waals surface area contributed by atoms with Crippen LogP contribution in [0.4, 0.5) is 0 Å². The van der Waals surface area contributed by atoms with Crippen molar-refractivity contribution in [2.24, 2.45) is 0 Å². The Morgan fingerprint density at radius 1 is 1.29 bits per heavy atom. The lowest BCUT2D eigenvalue weighted by Gasteiger charge is -2.19. The van der Waals surface area contributed by atoms with Crippen molar-refractivity contribution in [3.05, 3.63) is 63.1 Å². The molecule has 2 aromatic rings. The van der Waals surface area contributed by atoms with Crippen molar-refractivity contribution in [3.8, 4) is 5.75 Å². The van der Waals surface area contributed by atoms with Gasteiger partial charge in [0.05, 0.1) is 5.02 Å². The predicted molar refractivity (Wildman–Crippen MR) is 89.4 cm³/mol. The highest BCUT2D eigenvalue weighted by atomic mass is 79.9. The summed E-state index contributed by atoms with van der Waals surface area (Å²) in [6.45, 7) is 3.83. The van der Waals surface area contributed by atoms with E-state index in [1.165, 1.54) is 0 Å². The standard InChI is InChI=1S/C17H16BrClO2/c1-3-15(16(20)12-7-5-4-6-8-12)21-17-11(2)9-13(18)10-14(17)19/h4-10,15H,3H2,1-2H3. The fourth-order valence-electron chi connectivity index (χ4n) is 2.09. The molecule has 0 heterocycles.